The van der Waals surface area contributed by atoms with E-state index in [1.165, 1.54) is 11.1 Å². The monoisotopic (exact) mass is 284 g/mol. The minimum absolute atomic E-state index is 0.295. The number of benzene rings is 1. The van der Waals surface area contributed by atoms with E-state index < -0.39 is 0 Å². The second-order valence-electron chi connectivity index (χ2n) is 5.54. The predicted octanol–water partition coefficient (Wildman–Crippen LogP) is 1.95. The van der Waals surface area contributed by atoms with Crippen molar-refractivity contribution in [2.75, 3.05) is 0 Å². The van der Waals surface area contributed by atoms with Gasteiger partial charge in [0.15, 0.2) is 0 Å². The molecule has 0 spiro atoms. The van der Waals surface area contributed by atoms with Crippen molar-refractivity contribution in [1.82, 2.24) is 30.0 Å². The molecule has 1 aromatic carbocycles. The van der Waals surface area contributed by atoms with Crippen LogP contribution in [0.5, 0.6) is 0 Å². The van der Waals surface area contributed by atoms with Gasteiger partial charge in [-0.15, -0.1) is 0 Å². The molecule has 110 valence electrons. The minimum atomic E-state index is 0.295. The van der Waals surface area contributed by atoms with Crippen LogP contribution in [0.15, 0.2) is 24.8 Å². The van der Waals surface area contributed by atoms with Gasteiger partial charge in [0, 0.05) is 6.04 Å². The van der Waals surface area contributed by atoms with Gasteiger partial charge >= 0.3 is 0 Å². The van der Waals surface area contributed by atoms with Crippen molar-refractivity contribution in [1.29, 1.82) is 0 Å². The topological polar surface area (TPSA) is 71.4 Å². The SMILES string of the molecule is Cc1cc2nc(CN[C@H](C)Cn3cncn3)[nH]c2cc1C. The lowest BCUT2D eigenvalue weighted by atomic mass is 10.1. The summed E-state index contributed by atoms with van der Waals surface area (Å²) < 4.78 is 1.82. The first-order chi connectivity index (χ1) is 10.1. The Morgan fingerprint density at radius 3 is 2.86 bits per heavy atom. The lowest BCUT2D eigenvalue weighted by Crippen LogP contribution is -2.30. The zero-order valence-corrected chi connectivity index (χ0v) is 12.6. The van der Waals surface area contributed by atoms with Gasteiger partial charge in [0.1, 0.15) is 18.5 Å². The zero-order valence-electron chi connectivity index (χ0n) is 12.6. The van der Waals surface area contributed by atoms with E-state index in [1.807, 2.05) is 4.68 Å². The molecule has 0 aliphatic heterocycles. The van der Waals surface area contributed by atoms with Crippen LogP contribution in [0.2, 0.25) is 0 Å². The molecule has 0 amide bonds. The summed E-state index contributed by atoms with van der Waals surface area (Å²) in [5.41, 5.74) is 4.68. The third-order valence-corrected chi connectivity index (χ3v) is 3.69. The maximum atomic E-state index is 4.63. The number of rotatable bonds is 5. The number of imidazole rings is 1. The third kappa shape index (κ3) is 3.11. The number of fused-ring (bicyclic) bond motifs is 1. The zero-order chi connectivity index (χ0) is 14.8. The van der Waals surface area contributed by atoms with Gasteiger partial charge in [-0.25, -0.2) is 9.97 Å². The Morgan fingerprint density at radius 1 is 1.29 bits per heavy atom. The number of nitrogens with one attached hydrogen (secondary N) is 2. The summed E-state index contributed by atoms with van der Waals surface area (Å²) in [6.45, 7) is 7.86. The van der Waals surface area contributed by atoms with Gasteiger partial charge < -0.3 is 10.3 Å². The van der Waals surface area contributed by atoms with Crippen LogP contribution >= 0.6 is 0 Å². The van der Waals surface area contributed by atoms with Crippen molar-refractivity contribution in [3.05, 3.63) is 41.7 Å². The number of hydrogen-bond acceptors (Lipinski definition) is 4. The van der Waals surface area contributed by atoms with Crippen molar-refractivity contribution in [3.63, 3.8) is 0 Å². The van der Waals surface area contributed by atoms with Gasteiger partial charge in [-0.2, -0.15) is 5.10 Å². The van der Waals surface area contributed by atoms with Crippen molar-refractivity contribution in [2.24, 2.45) is 0 Å². The molecule has 0 radical (unpaired) electrons. The van der Waals surface area contributed by atoms with Crippen LogP contribution in [0.25, 0.3) is 11.0 Å². The Morgan fingerprint density at radius 2 is 2.10 bits per heavy atom. The van der Waals surface area contributed by atoms with E-state index in [2.05, 4.69) is 58.3 Å². The molecule has 6 nitrogen and oxygen atoms in total. The molecule has 0 bridgehead atoms. The van der Waals surface area contributed by atoms with Gasteiger partial charge in [-0.3, -0.25) is 4.68 Å². The van der Waals surface area contributed by atoms with Crippen LogP contribution in [0.3, 0.4) is 0 Å². The average molecular weight is 284 g/mol. The van der Waals surface area contributed by atoms with E-state index in [0.29, 0.717) is 12.6 Å². The van der Waals surface area contributed by atoms with Crippen LogP contribution in [0.4, 0.5) is 0 Å². The second-order valence-corrected chi connectivity index (χ2v) is 5.54. The van der Waals surface area contributed by atoms with E-state index in [-0.39, 0.29) is 0 Å². The summed E-state index contributed by atoms with van der Waals surface area (Å²) in [5, 5.41) is 7.55. The predicted molar refractivity (Wildman–Crippen MR) is 81.9 cm³/mol. The third-order valence-electron chi connectivity index (χ3n) is 3.69. The Kier molecular flexibility index (Phi) is 3.70. The van der Waals surface area contributed by atoms with Crippen molar-refractivity contribution < 1.29 is 0 Å². The van der Waals surface area contributed by atoms with Crippen molar-refractivity contribution >= 4 is 11.0 Å². The Bertz CT molecular complexity index is 689. The summed E-state index contributed by atoms with van der Waals surface area (Å²) in [6, 6.07) is 4.58. The Labute approximate surface area is 123 Å². The number of hydrogen-bond donors (Lipinski definition) is 2. The van der Waals surface area contributed by atoms with E-state index in [0.717, 1.165) is 23.4 Å². The fraction of sp³-hybridized carbons (Fsp3) is 0.400. The van der Waals surface area contributed by atoms with E-state index in [9.17, 15) is 0 Å². The first kappa shape index (κ1) is 13.8. The first-order valence-corrected chi connectivity index (χ1v) is 7.13. The Hall–Kier alpha value is -2.21. The number of aryl methyl sites for hydroxylation is 2. The smallest absolute Gasteiger partial charge is 0.137 e. The molecule has 0 saturated carbocycles. The summed E-state index contributed by atoms with van der Waals surface area (Å²) in [6.07, 6.45) is 3.28. The van der Waals surface area contributed by atoms with Gasteiger partial charge in [0.25, 0.3) is 0 Å². The maximum Gasteiger partial charge on any atom is 0.137 e. The lowest BCUT2D eigenvalue weighted by Gasteiger charge is -2.12. The number of aromatic amines is 1. The van der Waals surface area contributed by atoms with Crippen molar-refractivity contribution in [2.45, 2.75) is 39.9 Å². The molecule has 3 rings (SSSR count). The summed E-state index contributed by atoms with van der Waals surface area (Å²) >= 11 is 0. The molecule has 0 saturated heterocycles. The van der Waals surface area contributed by atoms with Crippen LogP contribution in [0, 0.1) is 13.8 Å². The number of aromatic nitrogens is 5. The first-order valence-electron chi connectivity index (χ1n) is 7.13. The largest absolute Gasteiger partial charge is 0.341 e. The van der Waals surface area contributed by atoms with Gasteiger partial charge in [0.2, 0.25) is 0 Å². The lowest BCUT2D eigenvalue weighted by molar-refractivity contribution is 0.446. The highest BCUT2D eigenvalue weighted by Crippen LogP contribution is 2.17. The molecule has 0 fully saturated rings. The Balaban J connectivity index is 1.65. The molecule has 2 N–H and O–H groups in total. The molecule has 0 aliphatic rings. The van der Waals surface area contributed by atoms with Crippen LogP contribution in [-0.4, -0.2) is 30.8 Å². The number of H-pyrrole nitrogens is 1. The standard InChI is InChI=1S/C15H20N6/c1-10-4-13-14(5-11(10)2)20-15(19-13)6-17-12(3)7-21-9-16-8-18-21/h4-5,8-9,12,17H,6-7H2,1-3H3,(H,19,20)/t12-/m1/s1. The molecular weight excluding hydrogens is 264 g/mol. The molecule has 2 aromatic heterocycles. The van der Waals surface area contributed by atoms with Crippen LogP contribution < -0.4 is 5.32 Å². The van der Waals surface area contributed by atoms with Crippen molar-refractivity contribution in [3.8, 4) is 0 Å². The molecule has 0 unspecified atom stereocenters. The summed E-state index contributed by atoms with van der Waals surface area (Å²) in [4.78, 5) is 11.9. The molecule has 3 aromatic rings. The summed E-state index contributed by atoms with van der Waals surface area (Å²) in [5.74, 6) is 0.959. The normalized spacial score (nSPS) is 12.9. The van der Waals surface area contributed by atoms with Gasteiger partial charge in [0.05, 0.1) is 24.1 Å². The van der Waals surface area contributed by atoms with Gasteiger partial charge in [-0.1, -0.05) is 0 Å². The quantitative estimate of drug-likeness (QED) is 0.751. The fourth-order valence-electron chi connectivity index (χ4n) is 2.35. The van der Waals surface area contributed by atoms with Crippen LogP contribution in [-0.2, 0) is 13.1 Å². The van der Waals surface area contributed by atoms with E-state index in [4.69, 9.17) is 0 Å². The maximum absolute atomic E-state index is 4.63. The number of nitrogens with zero attached hydrogens (tertiary/aromatic N) is 4. The fourth-order valence-corrected chi connectivity index (χ4v) is 2.35. The molecular formula is C15H20N6. The molecule has 0 aliphatic carbocycles. The highest BCUT2D eigenvalue weighted by Gasteiger charge is 2.07. The highest BCUT2D eigenvalue weighted by molar-refractivity contribution is 5.77. The average Bonchev–Trinajstić information content (AvgIpc) is 3.06. The van der Waals surface area contributed by atoms with Gasteiger partial charge in [-0.05, 0) is 44.0 Å². The molecule has 2 heterocycles. The van der Waals surface area contributed by atoms with Crippen LogP contribution in [0.1, 0.15) is 23.9 Å². The highest BCUT2D eigenvalue weighted by atomic mass is 15.3. The molecule has 6 heteroatoms. The molecule has 1 atom stereocenters. The minimum Gasteiger partial charge on any atom is -0.341 e. The molecule has 21 heavy (non-hydrogen) atoms. The summed E-state index contributed by atoms with van der Waals surface area (Å²) in [7, 11) is 0. The van der Waals surface area contributed by atoms with E-state index in [1.54, 1.807) is 12.7 Å². The second kappa shape index (κ2) is 5.65. The van der Waals surface area contributed by atoms with E-state index >= 15 is 0 Å².